The van der Waals surface area contributed by atoms with E-state index in [-0.39, 0.29) is 12.3 Å². The van der Waals surface area contributed by atoms with Crippen molar-refractivity contribution in [3.05, 3.63) is 35.6 Å². The van der Waals surface area contributed by atoms with Crippen molar-refractivity contribution in [1.29, 1.82) is 0 Å². The Labute approximate surface area is 107 Å². The minimum absolute atomic E-state index is 0.138. The molecule has 0 amide bonds. The van der Waals surface area contributed by atoms with Crippen LogP contribution in [0.25, 0.3) is 0 Å². The zero-order chi connectivity index (χ0) is 13.8. The molecule has 0 fully saturated rings. The predicted molar refractivity (Wildman–Crippen MR) is 69.1 cm³/mol. The third-order valence-corrected chi connectivity index (χ3v) is 2.57. The Hall–Kier alpha value is -1.26. The normalized spacial score (nSPS) is 11.9. The van der Waals surface area contributed by atoms with Crippen LogP contribution >= 0.6 is 0 Å². The van der Waals surface area contributed by atoms with Crippen LogP contribution in [-0.4, -0.2) is 41.0 Å². The van der Waals surface area contributed by atoms with Crippen molar-refractivity contribution in [2.24, 2.45) is 0 Å². The monoisotopic (exact) mass is 253 g/mol. The van der Waals surface area contributed by atoms with Gasteiger partial charge in [-0.2, -0.15) is 0 Å². The van der Waals surface area contributed by atoms with E-state index in [0.717, 1.165) is 0 Å². The highest BCUT2D eigenvalue weighted by molar-refractivity contribution is 5.97. The van der Waals surface area contributed by atoms with Gasteiger partial charge in [-0.25, -0.2) is 4.39 Å². The highest BCUT2D eigenvalue weighted by atomic mass is 19.1. The van der Waals surface area contributed by atoms with Crippen LogP contribution in [0.1, 0.15) is 31.1 Å². The van der Waals surface area contributed by atoms with Crippen molar-refractivity contribution >= 4 is 5.78 Å². The molecular formula is C14H20FNO2. The van der Waals surface area contributed by atoms with Gasteiger partial charge in [-0.15, -0.1) is 0 Å². The van der Waals surface area contributed by atoms with Crippen LogP contribution < -0.4 is 0 Å². The largest absolute Gasteiger partial charge is 0.389 e. The van der Waals surface area contributed by atoms with E-state index in [4.69, 9.17) is 0 Å². The number of likely N-dealkylation sites (N-methyl/N-ethyl adjacent to an activating group) is 1. The number of Topliss-reactive ketones (excluding diaryl/α,β-unsaturated/α-hetero) is 1. The number of ketones is 1. The van der Waals surface area contributed by atoms with Crippen molar-refractivity contribution in [2.75, 3.05) is 19.6 Å². The predicted octanol–water partition coefficient (Wildman–Crippen LogP) is 2.10. The van der Waals surface area contributed by atoms with Gasteiger partial charge in [-0.05, 0) is 32.5 Å². The molecule has 0 aliphatic heterocycles. The molecule has 0 saturated carbocycles. The maximum absolute atomic E-state index is 13.0. The maximum Gasteiger partial charge on any atom is 0.176 e. The molecule has 18 heavy (non-hydrogen) atoms. The van der Waals surface area contributed by atoms with Gasteiger partial charge in [0.2, 0.25) is 0 Å². The minimum Gasteiger partial charge on any atom is -0.389 e. The quantitative estimate of drug-likeness (QED) is 0.789. The zero-order valence-corrected chi connectivity index (χ0v) is 11.1. The van der Waals surface area contributed by atoms with Crippen LogP contribution in [-0.2, 0) is 0 Å². The van der Waals surface area contributed by atoms with Gasteiger partial charge in [-0.1, -0.05) is 19.1 Å². The van der Waals surface area contributed by atoms with E-state index in [9.17, 15) is 14.3 Å². The maximum atomic E-state index is 13.0. The molecule has 0 radical (unpaired) electrons. The van der Waals surface area contributed by atoms with Crippen LogP contribution in [0.3, 0.4) is 0 Å². The lowest BCUT2D eigenvalue weighted by molar-refractivity contribution is 0.0376. The first-order chi connectivity index (χ1) is 8.31. The van der Waals surface area contributed by atoms with E-state index in [0.29, 0.717) is 18.7 Å². The van der Waals surface area contributed by atoms with E-state index >= 15 is 0 Å². The Bertz CT molecular complexity index is 413. The number of benzene rings is 1. The van der Waals surface area contributed by atoms with Gasteiger partial charge in [0.15, 0.2) is 5.78 Å². The lowest BCUT2D eigenvalue weighted by Crippen LogP contribution is -2.41. The first kappa shape index (κ1) is 14.8. The molecule has 0 aromatic heterocycles. The fourth-order valence-corrected chi connectivity index (χ4v) is 1.78. The SMILES string of the molecule is CCN(CC(=O)c1cccc(F)c1)CC(C)(C)O. The van der Waals surface area contributed by atoms with Crippen LogP contribution in [0.15, 0.2) is 24.3 Å². The Morgan fingerprint density at radius 3 is 2.61 bits per heavy atom. The lowest BCUT2D eigenvalue weighted by atomic mass is 10.1. The summed E-state index contributed by atoms with van der Waals surface area (Å²) in [5.74, 6) is -0.549. The number of hydrogen-bond donors (Lipinski definition) is 1. The molecule has 0 spiro atoms. The third kappa shape index (κ3) is 4.94. The van der Waals surface area contributed by atoms with Crippen molar-refractivity contribution in [1.82, 2.24) is 4.90 Å². The van der Waals surface area contributed by atoms with Gasteiger partial charge in [-0.3, -0.25) is 9.69 Å². The number of halogens is 1. The Morgan fingerprint density at radius 2 is 2.11 bits per heavy atom. The van der Waals surface area contributed by atoms with E-state index in [1.54, 1.807) is 19.9 Å². The fraction of sp³-hybridized carbons (Fsp3) is 0.500. The first-order valence-electron chi connectivity index (χ1n) is 6.05. The fourth-order valence-electron chi connectivity index (χ4n) is 1.78. The zero-order valence-electron chi connectivity index (χ0n) is 11.1. The standard InChI is InChI=1S/C14H20FNO2/c1-4-16(10-14(2,3)18)9-13(17)11-6-5-7-12(15)8-11/h5-8,18H,4,9-10H2,1-3H3. The molecule has 4 heteroatoms. The summed E-state index contributed by atoms with van der Waals surface area (Å²) in [5.41, 5.74) is -0.484. The average molecular weight is 253 g/mol. The molecule has 0 bridgehead atoms. The number of aliphatic hydroxyl groups is 1. The van der Waals surface area contributed by atoms with Crippen LogP contribution in [0.2, 0.25) is 0 Å². The van der Waals surface area contributed by atoms with Gasteiger partial charge in [0.25, 0.3) is 0 Å². The molecule has 1 rings (SSSR count). The number of hydrogen-bond acceptors (Lipinski definition) is 3. The minimum atomic E-state index is -0.849. The number of carbonyl (C=O) groups is 1. The second-order valence-electron chi connectivity index (χ2n) is 5.05. The summed E-state index contributed by atoms with van der Waals surface area (Å²) in [4.78, 5) is 13.8. The smallest absolute Gasteiger partial charge is 0.176 e. The summed E-state index contributed by atoms with van der Waals surface area (Å²) < 4.78 is 13.0. The van der Waals surface area contributed by atoms with Crippen LogP contribution in [0.4, 0.5) is 4.39 Å². The summed E-state index contributed by atoms with van der Waals surface area (Å²) in [6.45, 7) is 6.56. The molecule has 1 aromatic carbocycles. The molecule has 0 aliphatic rings. The molecular weight excluding hydrogens is 233 g/mol. The molecule has 0 atom stereocenters. The molecule has 0 heterocycles. The Kier molecular flexibility index (Phi) is 4.99. The van der Waals surface area contributed by atoms with Crippen LogP contribution in [0.5, 0.6) is 0 Å². The Morgan fingerprint density at radius 1 is 1.44 bits per heavy atom. The van der Waals surface area contributed by atoms with Gasteiger partial charge in [0.1, 0.15) is 5.82 Å². The molecule has 1 aromatic rings. The molecule has 0 aliphatic carbocycles. The van der Waals surface area contributed by atoms with Gasteiger partial charge in [0.05, 0.1) is 12.1 Å². The summed E-state index contributed by atoms with van der Waals surface area (Å²) in [5, 5.41) is 9.73. The molecule has 1 N–H and O–H groups in total. The van der Waals surface area contributed by atoms with Crippen molar-refractivity contribution in [2.45, 2.75) is 26.4 Å². The van der Waals surface area contributed by atoms with Crippen molar-refractivity contribution < 1.29 is 14.3 Å². The third-order valence-electron chi connectivity index (χ3n) is 2.57. The van der Waals surface area contributed by atoms with Gasteiger partial charge < -0.3 is 5.11 Å². The van der Waals surface area contributed by atoms with Crippen molar-refractivity contribution in [3.8, 4) is 0 Å². The molecule has 3 nitrogen and oxygen atoms in total. The summed E-state index contributed by atoms with van der Waals surface area (Å²) >= 11 is 0. The summed E-state index contributed by atoms with van der Waals surface area (Å²) in [6, 6.07) is 5.67. The summed E-state index contributed by atoms with van der Waals surface area (Å²) in [7, 11) is 0. The van der Waals surface area contributed by atoms with Gasteiger partial charge >= 0.3 is 0 Å². The summed E-state index contributed by atoms with van der Waals surface area (Å²) in [6.07, 6.45) is 0. The van der Waals surface area contributed by atoms with E-state index in [1.807, 2.05) is 11.8 Å². The number of carbonyl (C=O) groups excluding carboxylic acids is 1. The Balaban J connectivity index is 2.68. The number of rotatable bonds is 6. The van der Waals surface area contributed by atoms with E-state index in [1.165, 1.54) is 18.2 Å². The van der Waals surface area contributed by atoms with E-state index < -0.39 is 11.4 Å². The topological polar surface area (TPSA) is 40.5 Å². The van der Waals surface area contributed by atoms with E-state index in [2.05, 4.69) is 0 Å². The molecule has 0 unspecified atom stereocenters. The second-order valence-corrected chi connectivity index (χ2v) is 5.05. The second kappa shape index (κ2) is 6.07. The highest BCUT2D eigenvalue weighted by Crippen LogP contribution is 2.08. The molecule has 0 saturated heterocycles. The van der Waals surface area contributed by atoms with Crippen molar-refractivity contribution in [3.63, 3.8) is 0 Å². The molecule has 100 valence electrons. The van der Waals surface area contributed by atoms with Crippen LogP contribution in [0, 0.1) is 5.82 Å². The highest BCUT2D eigenvalue weighted by Gasteiger charge is 2.19. The lowest BCUT2D eigenvalue weighted by Gasteiger charge is -2.27. The first-order valence-corrected chi connectivity index (χ1v) is 6.05. The van der Waals surface area contributed by atoms with Gasteiger partial charge in [0, 0.05) is 12.1 Å². The number of nitrogens with zero attached hydrogens (tertiary/aromatic N) is 1. The average Bonchev–Trinajstić information content (AvgIpc) is 2.26.